The maximum absolute atomic E-state index is 12.8. The summed E-state index contributed by atoms with van der Waals surface area (Å²) in [5.41, 5.74) is 2.27. The number of hydrogen-bond donors (Lipinski definition) is 1. The fourth-order valence-electron chi connectivity index (χ4n) is 3.37. The van der Waals surface area contributed by atoms with Crippen LogP contribution in [0.25, 0.3) is 0 Å². The Balaban J connectivity index is 1.78. The van der Waals surface area contributed by atoms with E-state index in [1.807, 2.05) is 6.20 Å². The van der Waals surface area contributed by atoms with E-state index in [1.165, 1.54) is 6.42 Å². The number of rotatable bonds is 2. The molecule has 1 amide bonds. The van der Waals surface area contributed by atoms with E-state index in [1.54, 1.807) is 0 Å². The van der Waals surface area contributed by atoms with Crippen molar-refractivity contribution in [3.63, 3.8) is 0 Å². The van der Waals surface area contributed by atoms with Crippen molar-refractivity contribution in [2.45, 2.75) is 45.1 Å². The van der Waals surface area contributed by atoms with Crippen molar-refractivity contribution in [3.05, 3.63) is 17.5 Å². The largest absolute Gasteiger partial charge is 0.381 e. The fourth-order valence-corrected chi connectivity index (χ4v) is 3.37. The molecule has 0 aliphatic carbocycles. The van der Waals surface area contributed by atoms with Crippen LogP contribution in [0.15, 0.2) is 6.20 Å². The predicted octanol–water partition coefficient (Wildman–Crippen LogP) is 2.20. The van der Waals surface area contributed by atoms with Gasteiger partial charge < -0.3 is 9.64 Å². The van der Waals surface area contributed by atoms with Gasteiger partial charge in [0, 0.05) is 25.7 Å². The Kier molecular flexibility index (Phi) is 4.05. The number of H-pyrrole nitrogens is 1. The van der Waals surface area contributed by atoms with Crippen molar-refractivity contribution in [3.8, 4) is 0 Å². The number of nitrogens with one attached hydrogen (secondary N) is 1. The molecule has 2 aliphatic heterocycles. The van der Waals surface area contributed by atoms with Crippen LogP contribution in [0.2, 0.25) is 0 Å². The average molecular weight is 277 g/mol. The molecular formula is C15H23N3O2. The summed E-state index contributed by atoms with van der Waals surface area (Å²) >= 11 is 0. The lowest BCUT2D eigenvalue weighted by Crippen LogP contribution is -2.43. The summed E-state index contributed by atoms with van der Waals surface area (Å²) in [6, 6.07) is 0.182. The highest BCUT2D eigenvalue weighted by Crippen LogP contribution is 2.33. The number of carbonyl (C=O) groups excluding carboxylic acids is 1. The number of piperidine rings is 1. The molecule has 1 aromatic rings. The van der Waals surface area contributed by atoms with Gasteiger partial charge in [0.05, 0.1) is 17.9 Å². The summed E-state index contributed by atoms with van der Waals surface area (Å²) in [5, 5.41) is 7.21. The second-order valence-corrected chi connectivity index (χ2v) is 5.90. The summed E-state index contributed by atoms with van der Waals surface area (Å²) in [6.07, 6.45) is 6.91. The van der Waals surface area contributed by atoms with Crippen LogP contribution < -0.4 is 0 Å². The third kappa shape index (κ3) is 2.59. The van der Waals surface area contributed by atoms with Crippen LogP contribution >= 0.6 is 0 Å². The van der Waals surface area contributed by atoms with E-state index < -0.39 is 0 Å². The van der Waals surface area contributed by atoms with E-state index in [-0.39, 0.29) is 12.0 Å². The first kappa shape index (κ1) is 13.6. The predicted molar refractivity (Wildman–Crippen MR) is 75.2 cm³/mol. The Hall–Kier alpha value is -1.36. The van der Waals surface area contributed by atoms with E-state index in [4.69, 9.17) is 4.74 Å². The molecule has 5 nitrogen and oxygen atoms in total. The van der Waals surface area contributed by atoms with Gasteiger partial charge in [-0.1, -0.05) is 0 Å². The number of aromatic nitrogens is 2. The first-order valence-electron chi connectivity index (χ1n) is 7.65. The summed E-state index contributed by atoms with van der Waals surface area (Å²) in [6.45, 7) is 4.37. The highest BCUT2D eigenvalue weighted by Gasteiger charge is 2.34. The number of ether oxygens (including phenoxy) is 1. The zero-order valence-corrected chi connectivity index (χ0v) is 12.1. The van der Waals surface area contributed by atoms with E-state index in [0.717, 1.165) is 56.7 Å². The van der Waals surface area contributed by atoms with Crippen LogP contribution in [0.4, 0.5) is 0 Å². The van der Waals surface area contributed by atoms with E-state index in [0.29, 0.717) is 5.91 Å². The third-order valence-electron chi connectivity index (χ3n) is 4.56. The number of nitrogens with zero attached hydrogens (tertiary/aromatic N) is 2. The summed E-state index contributed by atoms with van der Waals surface area (Å²) in [5.74, 6) is 0.458. The normalized spacial score (nSPS) is 24.9. The minimum absolute atomic E-state index is 0.146. The number of aryl methyl sites for hydroxylation is 1. The number of amides is 1. The third-order valence-corrected chi connectivity index (χ3v) is 4.56. The molecular weight excluding hydrogens is 254 g/mol. The van der Waals surface area contributed by atoms with Crippen LogP contribution in [-0.4, -0.2) is 40.8 Å². The molecule has 0 radical (unpaired) electrons. The lowest BCUT2D eigenvalue weighted by atomic mass is 9.92. The first-order chi connectivity index (χ1) is 9.77. The quantitative estimate of drug-likeness (QED) is 0.901. The van der Waals surface area contributed by atoms with Gasteiger partial charge in [-0.05, 0) is 44.6 Å². The first-order valence-corrected chi connectivity index (χ1v) is 7.65. The molecule has 1 aromatic heterocycles. The van der Waals surface area contributed by atoms with Gasteiger partial charge in [-0.25, -0.2) is 0 Å². The molecule has 110 valence electrons. The van der Waals surface area contributed by atoms with Gasteiger partial charge in [-0.3, -0.25) is 9.89 Å². The standard InChI is InChI=1S/C15H23N3O2/c1-11-10-16-17-14(11)13-4-2-3-7-18(13)15(19)12-5-8-20-9-6-12/h10,12-13H,2-9H2,1H3,(H,16,17)/t13-/m1/s1. The van der Waals surface area contributed by atoms with Crippen LogP contribution in [0.5, 0.6) is 0 Å². The van der Waals surface area contributed by atoms with Crippen molar-refractivity contribution in [1.82, 2.24) is 15.1 Å². The highest BCUT2D eigenvalue weighted by atomic mass is 16.5. The number of carbonyl (C=O) groups is 1. The lowest BCUT2D eigenvalue weighted by Gasteiger charge is -2.38. The topological polar surface area (TPSA) is 58.2 Å². The Morgan fingerprint density at radius 2 is 2.15 bits per heavy atom. The summed E-state index contributed by atoms with van der Waals surface area (Å²) < 4.78 is 5.37. The smallest absolute Gasteiger partial charge is 0.226 e. The molecule has 0 aromatic carbocycles. The Bertz CT molecular complexity index is 465. The molecule has 0 spiro atoms. The molecule has 0 bridgehead atoms. The minimum Gasteiger partial charge on any atom is -0.381 e. The zero-order valence-electron chi connectivity index (χ0n) is 12.1. The van der Waals surface area contributed by atoms with Crippen LogP contribution in [0.1, 0.15) is 49.4 Å². The molecule has 2 aliphatic rings. The van der Waals surface area contributed by atoms with Crippen molar-refractivity contribution >= 4 is 5.91 Å². The van der Waals surface area contributed by atoms with Gasteiger partial charge in [-0.2, -0.15) is 5.10 Å². The van der Waals surface area contributed by atoms with Crippen molar-refractivity contribution in [2.24, 2.45) is 5.92 Å². The number of likely N-dealkylation sites (tertiary alicyclic amines) is 1. The Morgan fingerprint density at radius 3 is 2.85 bits per heavy atom. The molecule has 1 N–H and O–H groups in total. The van der Waals surface area contributed by atoms with E-state index >= 15 is 0 Å². The van der Waals surface area contributed by atoms with Gasteiger partial charge >= 0.3 is 0 Å². The fraction of sp³-hybridized carbons (Fsp3) is 0.733. The molecule has 5 heteroatoms. The maximum atomic E-state index is 12.8. The number of hydrogen-bond acceptors (Lipinski definition) is 3. The second kappa shape index (κ2) is 5.95. The minimum atomic E-state index is 0.146. The van der Waals surface area contributed by atoms with Gasteiger partial charge in [0.15, 0.2) is 0 Å². The van der Waals surface area contributed by atoms with Gasteiger partial charge in [0.25, 0.3) is 0 Å². The SMILES string of the molecule is Cc1cn[nH]c1[C@H]1CCCCN1C(=O)C1CCOCC1. The molecule has 3 heterocycles. The second-order valence-electron chi connectivity index (χ2n) is 5.90. The monoisotopic (exact) mass is 277 g/mol. The molecule has 0 unspecified atom stereocenters. The van der Waals surface area contributed by atoms with Crippen molar-refractivity contribution in [2.75, 3.05) is 19.8 Å². The average Bonchev–Trinajstić information content (AvgIpc) is 2.93. The van der Waals surface area contributed by atoms with E-state index in [9.17, 15) is 4.79 Å². The van der Waals surface area contributed by atoms with Crippen LogP contribution in [0.3, 0.4) is 0 Å². The Labute approximate surface area is 119 Å². The maximum Gasteiger partial charge on any atom is 0.226 e. The van der Waals surface area contributed by atoms with Gasteiger partial charge in [0.1, 0.15) is 0 Å². The Morgan fingerprint density at radius 1 is 1.35 bits per heavy atom. The lowest BCUT2D eigenvalue weighted by molar-refractivity contribution is -0.142. The molecule has 1 atom stereocenters. The number of aromatic amines is 1. The van der Waals surface area contributed by atoms with E-state index in [2.05, 4.69) is 22.0 Å². The molecule has 2 saturated heterocycles. The van der Waals surface area contributed by atoms with Crippen molar-refractivity contribution in [1.29, 1.82) is 0 Å². The van der Waals surface area contributed by atoms with Crippen molar-refractivity contribution < 1.29 is 9.53 Å². The molecule has 20 heavy (non-hydrogen) atoms. The molecule has 0 saturated carbocycles. The summed E-state index contributed by atoms with van der Waals surface area (Å²) in [7, 11) is 0. The van der Waals surface area contributed by atoms with Gasteiger partial charge in [0.2, 0.25) is 5.91 Å². The zero-order chi connectivity index (χ0) is 13.9. The summed E-state index contributed by atoms with van der Waals surface area (Å²) in [4.78, 5) is 14.9. The molecule has 2 fully saturated rings. The van der Waals surface area contributed by atoms with Crippen LogP contribution in [-0.2, 0) is 9.53 Å². The van der Waals surface area contributed by atoms with Gasteiger partial charge in [-0.15, -0.1) is 0 Å². The van der Waals surface area contributed by atoms with Crippen LogP contribution in [0, 0.1) is 12.8 Å². The molecule has 3 rings (SSSR count). The highest BCUT2D eigenvalue weighted by molar-refractivity contribution is 5.79.